The molecule has 0 N–H and O–H groups in total. The predicted molar refractivity (Wildman–Crippen MR) is 261 cm³/mol. The highest BCUT2D eigenvalue weighted by molar-refractivity contribution is 5.95. The molecule has 3 heteroatoms. The number of rotatable bonds is 4. The van der Waals surface area contributed by atoms with Crippen LogP contribution in [0.2, 0.25) is 0 Å². The Balaban J connectivity index is 1.04. The van der Waals surface area contributed by atoms with Crippen molar-refractivity contribution in [2.45, 2.75) is 10.8 Å². The maximum absolute atomic E-state index is 7.12. The van der Waals surface area contributed by atoms with Crippen LogP contribution in [0.3, 0.4) is 0 Å². The van der Waals surface area contributed by atoms with Gasteiger partial charge in [-0.1, -0.05) is 188 Å². The van der Waals surface area contributed by atoms with Crippen molar-refractivity contribution >= 4 is 17.1 Å². The third-order valence-corrected chi connectivity index (χ3v) is 14.4. The van der Waals surface area contributed by atoms with Crippen LogP contribution in [-0.2, 0) is 10.8 Å². The Labute approximate surface area is 378 Å². The van der Waals surface area contributed by atoms with Crippen LogP contribution >= 0.6 is 0 Å². The molecule has 14 rings (SSSR count). The van der Waals surface area contributed by atoms with Crippen molar-refractivity contribution in [3.05, 3.63) is 281 Å². The van der Waals surface area contributed by atoms with Crippen LogP contribution in [-0.4, -0.2) is 0 Å². The number of hydrogen-bond donors (Lipinski definition) is 0. The van der Waals surface area contributed by atoms with Crippen molar-refractivity contribution in [2.24, 2.45) is 0 Å². The SMILES string of the molecule is c1ccc(-c2ccccc2N(c2ccc3c(c2)Oc2ccccc2C32c3ccccc3-c3ccccc32)c2ccc3c(c2)C2(c4ccccc4Oc4ccccc42)c2ccccc2-3)cc1. The molecule has 65 heavy (non-hydrogen) atoms. The van der Waals surface area contributed by atoms with E-state index in [1.54, 1.807) is 0 Å². The van der Waals surface area contributed by atoms with E-state index < -0.39 is 10.8 Å². The van der Waals surface area contributed by atoms with E-state index in [4.69, 9.17) is 9.47 Å². The second-order valence-electron chi connectivity index (χ2n) is 17.5. The molecule has 2 aliphatic heterocycles. The van der Waals surface area contributed by atoms with Crippen LogP contribution in [0.5, 0.6) is 23.0 Å². The molecule has 10 aromatic rings. The Morgan fingerprint density at radius 2 is 0.646 bits per heavy atom. The summed E-state index contributed by atoms with van der Waals surface area (Å²) in [6, 6.07) is 86.0. The first-order valence-corrected chi connectivity index (χ1v) is 22.4. The van der Waals surface area contributed by atoms with Gasteiger partial charge in [-0.15, -0.1) is 0 Å². The standard InChI is InChI=1S/C62H39NO2/c1-2-18-40(19-3-1)43-20-7-14-30-56(43)63(41-34-36-47-46-23-6-10-26-50(46)62(55(47)38-41)52-28-12-15-31-57(52)64-58-32-16-13-29-53(58)62)42-35-37-54-60(39-42)65-59-33-17-11-27-51(59)61(54)48-24-8-4-21-44(48)45-22-5-9-25-49(45)61/h1-39H. The molecule has 10 aromatic carbocycles. The second kappa shape index (κ2) is 13.6. The van der Waals surface area contributed by atoms with Crippen molar-refractivity contribution in [3.8, 4) is 56.4 Å². The maximum Gasteiger partial charge on any atom is 0.134 e. The summed E-state index contributed by atoms with van der Waals surface area (Å²) >= 11 is 0. The average Bonchev–Trinajstić information content (AvgIpc) is 3.82. The van der Waals surface area contributed by atoms with Crippen LogP contribution in [0.1, 0.15) is 44.5 Å². The Morgan fingerprint density at radius 3 is 1.22 bits per heavy atom. The highest BCUT2D eigenvalue weighted by atomic mass is 16.5. The van der Waals surface area contributed by atoms with E-state index in [2.05, 4.69) is 241 Å². The molecule has 0 amide bonds. The number of ether oxygens (including phenoxy) is 2. The first-order chi connectivity index (χ1) is 32.2. The molecule has 0 saturated heterocycles. The van der Waals surface area contributed by atoms with Crippen LogP contribution in [0.15, 0.2) is 237 Å². The zero-order valence-electron chi connectivity index (χ0n) is 35.3. The molecular weight excluding hydrogens is 791 g/mol. The van der Waals surface area contributed by atoms with Crippen LogP contribution in [0, 0.1) is 0 Å². The summed E-state index contributed by atoms with van der Waals surface area (Å²) in [6.45, 7) is 0. The number of fused-ring (bicyclic) bond motifs is 18. The minimum Gasteiger partial charge on any atom is -0.457 e. The van der Waals surface area contributed by atoms with Gasteiger partial charge in [0.25, 0.3) is 0 Å². The summed E-state index contributed by atoms with van der Waals surface area (Å²) in [5, 5.41) is 0. The largest absolute Gasteiger partial charge is 0.457 e. The van der Waals surface area contributed by atoms with Crippen molar-refractivity contribution in [1.29, 1.82) is 0 Å². The van der Waals surface area contributed by atoms with Gasteiger partial charge in [-0.2, -0.15) is 0 Å². The molecule has 0 saturated carbocycles. The van der Waals surface area contributed by atoms with Gasteiger partial charge < -0.3 is 14.4 Å². The number of para-hydroxylation sites is 4. The highest BCUT2D eigenvalue weighted by Gasteiger charge is 2.53. The number of anilines is 3. The molecule has 2 heterocycles. The lowest BCUT2D eigenvalue weighted by atomic mass is 9.66. The molecule has 3 nitrogen and oxygen atoms in total. The fourth-order valence-electron chi connectivity index (χ4n) is 11.9. The van der Waals surface area contributed by atoms with E-state index in [1.165, 1.54) is 44.5 Å². The molecule has 0 radical (unpaired) electrons. The zero-order valence-corrected chi connectivity index (χ0v) is 35.3. The van der Waals surface area contributed by atoms with Gasteiger partial charge >= 0.3 is 0 Å². The van der Waals surface area contributed by atoms with E-state index in [1.807, 2.05) is 0 Å². The van der Waals surface area contributed by atoms with Gasteiger partial charge in [0, 0.05) is 45.3 Å². The van der Waals surface area contributed by atoms with Gasteiger partial charge in [0.05, 0.1) is 16.5 Å². The van der Waals surface area contributed by atoms with E-state index in [-0.39, 0.29) is 0 Å². The molecule has 304 valence electrons. The quantitative estimate of drug-likeness (QED) is 0.176. The lowest BCUT2D eigenvalue weighted by Gasteiger charge is -2.40. The fraction of sp³-hybridized carbons (Fsp3) is 0.0323. The van der Waals surface area contributed by atoms with Crippen LogP contribution in [0.25, 0.3) is 33.4 Å². The van der Waals surface area contributed by atoms with Crippen molar-refractivity contribution < 1.29 is 9.47 Å². The van der Waals surface area contributed by atoms with E-state index in [0.717, 1.165) is 73.4 Å². The smallest absolute Gasteiger partial charge is 0.134 e. The first-order valence-electron chi connectivity index (χ1n) is 22.4. The molecule has 0 atom stereocenters. The summed E-state index contributed by atoms with van der Waals surface area (Å²) in [4.78, 5) is 2.43. The van der Waals surface area contributed by atoms with Crippen molar-refractivity contribution in [1.82, 2.24) is 0 Å². The zero-order chi connectivity index (χ0) is 42.7. The Hall–Kier alpha value is -8.40. The Bertz CT molecular complexity index is 3500. The lowest BCUT2D eigenvalue weighted by Crippen LogP contribution is -2.32. The minimum absolute atomic E-state index is 0.557. The topological polar surface area (TPSA) is 21.7 Å². The predicted octanol–water partition coefficient (Wildman–Crippen LogP) is 15.8. The average molecular weight is 830 g/mol. The fourth-order valence-corrected chi connectivity index (χ4v) is 11.9. The Kier molecular flexibility index (Phi) is 7.53. The van der Waals surface area contributed by atoms with E-state index >= 15 is 0 Å². The Morgan fingerprint density at radius 1 is 0.262 bits per heavy atom. The summed E-state index contributed by atoms with van der Waals surface area (Å²) < 4.78 is 13.8. The molecule has 4 aliphatic rings. The molecule has 0 fully saturated rings. The number of hydrogen-bond acceptors (Lipinski definition) is 3. The third kappa shape index (κ3) is 4.79. The summed E-state index contributed by atoms with van der Waals surface area (Å²) in [7, 11) is 0. The van der Waals surface area contributed by atoms with Crippen molar-refractivity contribution in [2.75, 3.05) is 4.90 Å². The number of benzene rings is 10. The van der Waals surface area contributed by atoms with E-state index in [0.29, 0.717) is 0 Å². The molecule has 2 aliphatic carbocycles. The molecule has 0 bridgehead atoms. The molecule has 2 spiro atoms. The second-order valence-corrected chi connectivity index (χ2v) is 17.5. The summed E-state index contributed by atoms with van der Waals surface area (Å²) in [5.41, 5.74) is 18.8. The van der Waals surface area contributed by atoms with Gasteiger partial charge in [0.15, 0.2) is 0 Å². The maximum atomic E-state index is 7.12. The monoisotopic (exact) mass is 829 g/mol. The molecular formula is C62H39NO2. The van der Waals surface area contributed by atoms with Crippen molar-refractivity contribution in [3.63, 3.8) is 0 Å². The van der Waals surface area contributed by atoms with Gasteiger partial charge in [-0.05, 0) is 92.5 Å². The van der Waals surface area contributed by atoms with Gasteiger partial charge in [-0.25, -0.2) is 0 Å². The third-order valence-electron chi connectivity index (χ3n) is 14.4. The van der Waals surface area contributed by atoms with Gasteiger partial charge in [0.2, 0.25) is 0 Å². The minimum atomic E-state index is -0.615. The summed E-state index contributed by atoms with van der Waals surface area (Å²) in [6.07, 6.45) is 0. The van der Waals surface area contributed by atoms with Gasteiger partial charge in [0.1, 0.15) is 23.0 Å². The molecule has 0 unspecified atom stereocenters. The van der Waals surface area contributed by atoms with Gasteiger partial charge in [-0.3, -0.25) is 0 Å². The summed E-state index contributed by atoms with van der Waals surface area (Å²) in [5.74, 6) is 3.46. The highest BCUT2D eigenvalue weighted by Crippen LogP contribution is 2.65. The normalized spacial score (nSPS) is 14.3. The lowest BCUT2D eigenvalue weighted by molar-refractivity contribution is 0.436. The van der Waals surface area contributed by atoms with Crippen LogP contribution in [0.4, 0.5) is 17.1 Å². The molecule has 0 aromatic heterocycles. The van der Waals surface area contributed by atoms with Crippen LogP contribution < -0.4 is 14.4 Å². The van der Waals surface area contributed by atoms with E-state index in [9.17, 15) is 0 Å². The first kappa shape index (κ1) is 36.1. The number of nitrogens with zero attached hydrogens (tertiary/aromatic N) is 1.